The molecule has 0 radical (unpaired) electrons. The van der Waals surface area contributed by atoms with Crippen molar-refractivity contribution >= 4 is 29.5 Å². The number of nitrogens with zero attached hydrogens (tertiary/aromatic N) is 1. The predicted molar refractivity (Wildman–Crippen MR) is 162 cm³/mol. The molecule has 0 aromatic rings. The summed E-state index contributed by atoms with van der Waals surface area (Å²) in [4.78, 5) is 68.1. The van der Waals surface area contributed by atoms with Crippen molar-refractivity contribution in [3.05, 3.63) is 0 Å². The normalized spacial score (nSPS) is 27.6. The van der Waals surface area contributed by atoms with Gasteiger partial charge >= 0.3 is 6.03 Å². The maximum atomic E-state index is 14.5. The number of hydrogen-bond donors (Lipinski definition) is 4. The molecule has 4 rings (SSSR count). The molecule has 2 aliphatic heterocycles. The van der Waals surface area contributed by atoms with Gasteiger partial charge in [-0.1, -0.05) is 67.2 Å². The van der Waals surface area contributed by atoms with Crippen molar-refractivity contribution in [2.75, 3.05) is 19.8 Å². The minimum absolute atomic E-state index is 0.0516. The number of urea groups is 1. The van der Waals surface area contributed by atoms with Gasteiger partial charge in [0.15, 0.2) is 0 Å². The Labute approximate surface area is 256 Å². The zero-order valence-electron chi connectivity index (χ0n) is 27.1. The topological polar surface area (TPSA) is 160 Å². The molecule has 1 unspecified atom stereocenters. The van der Waals surface area contributed by atoms with Crippen LogP contribution in [0.5, 0.6) is 0 Å². The van der Waals surface area contributed by atoms with Crippen LogP contribution in [0.4, 0.5) is 4.79 Å². The number of carbonyl (C=O) groups excluding carboxylic acids is 5. The van der Waals surface area contributed by atoms with Crippen LogP contribution in [0.25, 0.3) is 0 Å². The van der Waals surface area contributed by atoms with Crippen molar-refractivity contribution in [3.8, 4) is 0 Å². The third kappa shape index (κ3) is 6.56. The predicted octanol–water partition coefficient (Wildman–Crippen LogP) is 2.65. The van der Waals surface area contributed by atoms with Crippen molar-refractivity contribution in [3.63, 3.8) is 0 Å². The molecule has 5 N–H and O–H groups in total. The number of likely N-dealkylation sites (tertiary alicyclic amines) is 1. The van der Waals surface area contributed by atoms with E-state index in [2.05, 4.69) is 36.7 Å². The van der Waals surface area contributed by atoms with E-state index in [0.717, 1.165) is 38.5 Å². The summed E-state index contributed by atoms with van der Waals surface area (Å²) in [6.45, 7) is 15.3. The molecule has 11 nitrogen and oxygen atoms in total. The Hall–Kier alpha value is -2.69. The molecule has 4 atom stereocenters. The number of hydrogen-bond acceptors (Lipinski definition) is 6. The summed E-state index contributed by atoms with van der Waals surface area (Å²) in [5.41, 5.74) is 3.83. The second kappa shape index (κ2) is 12.0. The highest BCUT2D eigenvalue weighted by Crippen LogP contribution is 2.62. The molecule has 0 spiro atoms. The molecular formula is C32H53N5O6. The summed E-state index contributed by atoms with van der Waals surface area (Å²) in [7, 11) is 0. The fourth-order valence-electron chi connectivity index (χ4n) is 7.63. The van der Waals surface area contributed by atoms with Gasteiger partial charge in [-0.2, -0.15) is 0 Å². The molecule has 4 aliphatic rings. The smallest absolute Gasteiger partial charge is 0.316 e. The highest BCUT2D eigenvalue weighted by atomic mass is 16.5. The van der Waals surface area contributed by atoms with Gasteiger partial charge in [0.05, 0.1) is 24.8 Å². The van der Waals surface area contributed by atoms with Gasteiger partial charge < -0.3 is 31.3 Å². The fourth-order valence-corrected chi connectivity index (χ4v) is 7.63. The molecular weight excluding hydrogens is 550 g/mol. The van der Waals surface area contributed by atoms with Gasteiger partial charge in [0, 0.05) is 6.54 Å². The van der Waals surface area contributed by atoms with Crippen LogP contribution in [0.2, 0.25) is 0 Å². The number of rotatable bonds is 11. The third-order valence-electron chi connectivity index (χ3n) is 11.1. The third-order valence-corrected chi connectivity index (χ3v) is 11.1. The molecule has 2 heterocycles. The highest BCUT2D eigenvalue weighted by Gasteiger charge is 2.61. The number of Topliss-reactive ketones (excluding diaryl/α,β-unsaturated/α-hetero) is 1. The summed E-state index contributed by atoms with van der Waals surface area (Å²) >= 11 is 0. The van der Waals surface area contributed by atoms with Crippen LogP contribution < -0.4 is 21.7 Å². The Kier molecular flexibility index (Phi) is 9.27. The van der Waals surface area contributed by atoms with E-state index >= 15 is 0 Å². The van der Waals surface area contributed by atoms with Crippen molar-refractivity contribution < 1.29 is 28.7 Å². The SMILES string of the molecule is CC(C)[C@@]1(C2(C)CCC2)C[C@@H](C(=O)NC(CC2CCC2)C(=O)C(N)=O)N(C(=O)[C@@H](NC(=O)NC2(C)COC2)C(C)(C)C)C1. The van der Waals surface area contributed by atoms with Gasteiger partial charge in [0.1, 0.15) is 12.1 Å². The van der Waals surface area contributed by atoms with Crippen molar-refractivity contribution in [2.24, 2.45) is 33.8 Å². The lowest BCUT2D eigenvalue weighted by atomic mass is 9.49. The number of primary amides is 1. The maximum Gasteiger partial charge on any atom is 0.316 e. The first-order chi connectivity index (χ1) is 19.9. The van der Waals surface area contributed by atoms with Crippen LogP contribution in [0.1, 0.15) is 99.8 Å². The zero-order valence-corrected chi connectivity index (χ0v) is 27.1. The number of ketones is 1. The van der Waals surface area contributed by atoms with Crippen molar-refractivity contribution in [1.29, 1.82) is 0 Å². The number of amides is 5. The number of carbonyl (C=O) groups is 5. The monoisotopic (exact) mass is 603 g/mol. The number of ether oxygens (including phenoxy) is 1. The first-order valence-electron chi connectivity index (χ1n) is 16.0. The summed E-state index contributed by atoms with van der Waals surface area (Å²) in [5, 5.41) is 8.69. The van der Waals surface area contributed by atoms with Crippen LogP contribution in [0.3, 0.4) is 0 Å². The molecule has 2 saturated carbocycles. The van der Waals surface area contributed by atoms with E-state index in [1.807, 2.05) is 27.7 Å². The maximum absolute atomic E-state index is 14.5. The van der Waals surface area contributed by atoms with Gasteiger partial charge in [-0.15, -0.1) is 0 Å². The van der Waals surface area contributed by atoms with E-state index in [4.69, 9.17) is 10.5 Å². The summed E-state index contributed by atoms with van der Waals surface area (Å²) in [6.07, 6.45) is 6.85. The summed E-state index contributed by atoms with van der Waals surface area (Å²) < 4.78 is 5.26. The molecule has 0 aromatic heterocycles. The Bertz CT molecular complexity index is 1120. The van der Waals surface area contributed by atoms with Gasteiger partial charge in [-0.05, 0) is 60.7 Å². The Morgan fingerprint density at radius 1 is 1.00 bits per heavy atom. The van der Waals surface area contributed by atoms with Gasteiger partial charge in [-0.3, -0.25) is 19.2 Å². The van der Waals surface area contributed by atoms with Crippen molar-refractivity contribution in [2.45, 2.75) is 123 Å². The molecule has 2 aliphatic carbocycles. The molecule has 11 heteroatoms. The summed E-state index contributed by atoms with van der Waals surface area (Å²) in [6, 6.07) is -3.26. The molecule has 43 heavy (non-hydrogen) atoms. The molecule has 2 saturated heterocycles. The second-order valence-electron chi connectivity index (χ2n) is 15.7. The number of nitrogens with two attached hydrogens (primary N) is 1. The van der Waals surface area contributed by atoms with E-state index in [9.17, 15) is 24.0 Å². The minimum Gasteiger partial charge on any atom is -0.376 e. The molecule has 0 bridgehead atoms. The van der Waals surface area contributed by atoms with Crippen LogP contribution >= 0.6 is 0 Å². The first kappa shape index (κ1) is 33.2. The van der Waals surface area contributed by atoms with E-state index in [-0.39, 0.29) is 28.6 Å². The highest BCUT2D eigenvalue weighted by molar-refractivity contribution is 6.37. The molecule has 0 aromatic carbocycles. The Morgan fingerprint density at radius 2 is 1.63 bits per heavy atom. The lowest BCUT2D eigenvalue weighted by molar-refractivity contribution is -0.144. The molecule has 4 fully saturated rings. The second-order valence-corrected chi connectivity index (χ2v) is 15.7. The Morgan fingerprint density at radius 3 is 2.05 bits per heavy atom. The average Bonchev–Trinajstić information content (AvgIpc) is 3.27. The largest absolute Gasteiger partial charge is 0.376 e. The quantitative estimate of drug-likeness (QED) is 0.266. The van der Waals surface area contributed by atoms with E-state index in [1.54, 1.807) is 4.90 Å². The van der Waals surface area contributed by atoms with Gasteiger partial charge in [-0.25, -0.2) is 4.79 Å². The average molecular weight is 604 g/mol. The van der Waals surface area contributed by atoms with E-state index in [0.29, 0.717) is 32.6 Å². The van der Waals surface area contributed by atoms with Crippen LogP contribution in [-0.2, 0) is 23.9 Å². The van der Waals surface area contributed by atoms with Gasteiger partial charge in [0.2, 0.25) is 17.6 Å². The minimum atomic E-state index is -1.07. The fraction of sp³-hybridized carbons (Fsp3) is 0.844. The lowest BCUT2D eigenvalue weighted by Gasteiger charge is -2.55. The zero-order chi connectivity index (χ0) is 32.0. The van der Waals surface area contributed by atoms with Crippen LogP contribution in [0.15, 0.2) is 0 Å². The molecule has 242 valence electrons. The van der Waals surface area contributed by atoms with Crippen molar-refractivity contribution in [1.82, 2.24) is 20.9 Å². The van der Waals surface area contributed by atoms with Crippen LogP contribution in [0, 0.1) is 28.1 Å². The van der Waals surface area contributed by atoms with E-state index < -0.39 is 52.7 Å². The first-order valence-corrected chi connectivity index (χ1v) is 16.0. The summed E-state index contributed by atoms with van der Waals surface area (Å²) in [5.74, 6) is -2.25. The number of nitrogens with one attached hydrogen (secondary N) is 3. The van der Waals surface area contributed by atoms with Crippen LogP contribution in [-0.4, -0.2) is 77.9 Å². The molecule has 5 amide bonds. The lowest BCUT2D eigenvalue weighted by Crippen LogP contribution is -2.65. The standard InChI is InChI=1S/C32H53N5O6/c1-19(2)32(30(6)12-9-13-30)15-22(26(40)34-21(23(38)25(33)39)14-20-10-8-11-20)37(16-32)27(41)24(29(3,4)5)35-28(42)36-31(7)17-43-18-31/h19-22,24H,8-18H2,1-7H3,(H2,33,39)(H,34,40)(H2,35,36,42)/t21?,22-,24+,32+/m0/s1. The Balaban J connectivity index is 1.64. The van der Waals surface area contributed by atoms with Gasteiger partial charge in [0.25, 0.3) is 5.91 Å². The van der Waals surface area contributed by atoms with E-state index in [1.165, 1.54) is 0 Å².